The van der Waals surface area contributed by atoms with Gasteiger partial charge in [0, 0.05) is 30.6 Å². The third-order valence-corrected chi connectivity index (χ3v) is 8.10. The molecule has 1 aliphatic heterocycles. The highest BCUT2D eigenvalue weighted by Crippen LogP contribution is 2.40. The number of nitrogens with one attached hydrogen (secondary N) is 1. The molecule has 0 spiro atoms. The maximum Gasteiger partial charge on any atom is 0.248 e. The number of halogens is 1. The Kier molecular flexibility index (Phi) is 7.03. The Morgan fingerprint density at radius 3 is 2.66 bits per heavy atom. The highest BCUT2D eigenvalue weighted by atomic mass is 32.1. The number of aliphatic hydroxyl groups is 1. The molecule has 1 aromatic carbocycles. The minimum absolute atomic E-state index is 0.0601. The van der Waals surface area contributed by atoms with Gasteiger partial charge in [-0.05, 0) is 37.3 Å². The van der Waals surface area contributed by atoms with Gasteiger partial charge in [-0.1, -0.05) is 49.5 Å². The number of β-amino-alcohol motifs (C(OH)–C–C–N with tert-alkyl or cyclic N) is 1. The molecule has 4 atom stereocenters. The van der Waals surface area contributed by atoms with Crippen molar-refractivity contribution < 1.29 is 19.1 Å². The molecule has 2 fully saturated rings. The minimum atomic E-state index is -0.841. The minimum Gasteiger partial charge on any atom is -0.391 e. The topological polar surface area (TPSA) is 126 Å². The number of hydrogen-bond acceptors (Lipinski definition) is 8. The zero-order valence-corrected chi connectivity index (χ0v) is 22.7. The van der Waals surface area contributed by atoms with Crippen LogP contribution >= 0.6 is 11.3 Å². The number of rotatable bonds is 7. The van der Waals surface area contributed by atoms with Crippen LogP contribution < -0.4 is 5.32 Å². The summed E-state index contributed by atoms with van der Waals surface area (Å²) in [4.78, 5) is 28.7. The van der Waals surface area contributed by atoms with Crippen LogP contribution in [0.1, 0.15) is 75.7 Å². The highest BCUT2D eigenvalue weighted by molar-refractivity contribution is 7.14. The average Bonchev–Trinajstić information content (AvgIpc) is 3.23. The lowest BCUT2D eigenvalue weighted by molar-refractivity contribution is -0.144. The second kappa shape index (κ2) is 10.1. The van der Waals surface area contributed by atoms with Gasteiger partial charge in [-0.3, -0.25) is 9.59 Å². The lowest BCUT2D eigenvalue weighted by atomic mass is 9.85. The van der Waals surface area contributed by atoms with Crippen molar-refractivity contribution in [2.24, 2.45) is 5.41 Å². The summed E-state index contributed by atoms with van der Waals surface area (Å²) in [6.45, 7) is 7.68. The second-order valence-corrected chi connectivity index (χ2v) is 12.3. The molecule has 0 bridgehead atoms. The molecule has 5 rings (SSSR count). The third-order valence-electron chi connectivity index (χ3n) is 6.95. The van der Waals surface area contributed by atoms with Gasteiger partial charge in [-0.25, -0.2) is 9.07 Å². The number of aliphatic hydroxyl groups excluding tert-OH is 1. The summed E-state index contributed by atoms with van der Waals surface area (Å²) in [5.74, 6) is -0.628. The monoisotopic (exact) mass is 541 g/mol. The molecular weight excluding hydrogens is 509 g/mol. The zero-order chi connectivity index (χ0) is 27.2. The summed E-state index contributed by atoms with van der Waals surface area (Å²) in [6.07, 6.45) is 3.30. The van der Waals surface area contributed by atoms with Gasteiger partial charge in [-0.15, -0.1) is 15.3 Å². The number of likely N-dealkylation sites (tertiary alicyclic amines) is 1. The van der Waals surface area contributed by atoms with Crippen LogP contribution in [0.4, 0.5) is 4.39 Å². The predicted octanol–water partition coefficient (Wildman–Crippen LogP) is 3.24. The molecule has 202 valence electrons. The summed E-state index contributed by atoms with van der Waals surface area (Å²) >= 11 is 1.26. The quantitative estimate of drug-likeness (QED) is 0.470. The van der Waals surface area contributed by atoms with Gasteiger partial charge in [0.05, 0.1) is 17.8 Å². The smallest absolute Gasteiger partial charge is 0.248 e. The van der Waals surface area contributed by atoms with E-state index >= 15 is 0 Å². The van der Waals surface area contributed by atoms with Crippen molar-refractivity contribution in [3.05, 3.63) is 47.0 Å². The fourth-order valence-corrected chi connectivity index (χ4v) is 5.69. The molecule has 3 heterocycles. The molecule has 2 N–H and O–H groups in total. The van der Waals surface area contributed by atoms with Gasteiger partial charge in [0.25, 0.3) is 0 Å². The van der Waals surface area contributed by atoms with Gasteiger partial charge in [0.1, 0.15) is 27.9 Å². The van der Waals surface area contributed by atoms with Crippen molar-refractivity contribution in [2.45, 2.75) is 77.1 Å². The van der Waals surface area contributed by atoms with E-state index in [0.29, 0.717) is 21.5 Å². The maximum absolute atomic E-state index is 13.9. The van der Waals surface area contributed by atoms with E-state index in [1.54, 1.807) is 23.7 Å². The number of benzene rings is 1. The number of nitrogens with zero attached hydrogens (tertiary/aromatic N) is 6. The fourth-order valence-electron chi connectivity index (χ4n) is 4.85. The first-order valence-corrected chi connectivity index (χ1v) is 13.6. The van der Waals surface area contributed by atoms with E-state index in [1.807, 2.05) is 27.0 Å². The molecular formula is C26H32FN7O3S. The largest absolute Gasteiger partial charge is 0.391 e. The van der Waals surface area contributed by atoms with E-state index in [2.05, 4.69) is 25.8 Å². The van der Waals surface area contributed by atoms with Gasteiger partial charge < -0.3 is 15.3 Å². The zero-order valence-electron chi connectivity index (χ0n) is 21.8. The van der Waals surface area contributed by atoms with Crippen molar-refractivity contribution >= 4 is 23.2 Å². The molecule has 10 nitrogen and oxygen atoms in total. The number of amides is 2. The number of aromatic nitrogens is 5. The van der Waals surface area contributed by atoms with Gasteiger partial charge in [0.15, 0.2) is 0 Å². The van der Waals surface area contributed by atoms with Crippen LogP contribution in [0.2, 0.25) is 0 Å². The van der Waals surface area contributed by atoms with E-state index < -0.39 is 29.6 Å². The predicted molar refractivity (Wildman–Crippen MR) is 138 cm³/mol. The SMILES string of the molecule is CC(NC(=O)C1CC(O)CN1C(=O)[C@@H](n1cc(C2CC2)nn1)C(C)(C)C)c1nnc(-c2cccc(F)c2)s1. The number of carbonyl (C=O) groups excluding carboxylic acids is 2. The Hall–Kier alpha value is -3.25. The Balaban J connectivity index is 1.32. The third kappa shape index (κ3) is 5.46. The highest BCUT2D eigenvalue weighted by Gasteiger charge is 2.45. The molecule has 2 aliphatic rings. The van der Waals surface area contributed by atoms with Crippen LogP contribution in [0.5, 0.6) is 0 Å². The molecule has 1 saturated heterocycles. The van der Waals surface area contributed by atoms with Gasteiger partial charge >= 0.3 is 0 Å². The molecule has 2 amide bonds. The fraction of sp³-hybridized carbons (Fsp3) is 0.538. The van der Waals surface area contributed by atoms with Crippen LogP contribution in [0, 0.1) is 11.2 Å². The van der Waals surface area contributed by atoms with E-state index in [1.165, 1.54) is 28.4 Å². The molecule has 1 saturated carbocycles. The van der Waals surface area contributed by atoms with Crippen LogP contribution in [0.25, 0.3) is 10.6 Å². The summed E-state index contributed by atoms with van der Waals surface area (Å²) < 4.78 is 15.2. The average molecular weight is 542 g/mol. The Morgan fingerprint density at radius 1 is 1.21 bits per heavy atom. The summed E-state index contributed by atoms with van der Waals surface area (Å²) in [5, 5.41) is 31.3. The van der Waals surface area contributed by atoms with Gasteiger partial charge in [-0.2, -0.15) is 0 Å². The van der Waals surface area contributed by atoms with E-state index in [4.69, 9.17) is 0 Å². The molecule has 3 aromatic rings. The first kappa shape index (κ1) is 26.4. The van der Waals surface area contributed by atoms with Crippen LogP contribution in [-0.2, 0) is 9.59 Å². The molecule has 12 heteroatoms. The van der Waals surface area contributed by atoms with E-state index in [-0.39, 0.29) is 30.6 Å². The lowest BCUT2D eigenvalue weighted by Gasteiger charge is -2.34. The molecule has 3 unspecified atom stereocenters. The second-order valence-electron chi connectivity index (χ2n) is 11.2. The summed E-state index contributed by atoms with van der Waals surface area (Å²) in [5.41, 5.74) is 0.980. The van der Waals surface area contributed by atoms with E-state index in [9.17, 15) is 19.1 Å². The molecule has 38 heavy (non-hydrogen) atoms. The summed E-state index contributed by atoms with van der Waals surface area (Å²) in [6, 6.07) is 4.07. The molecule has 0 radical (unpaired) electrons. The van der Waals surface area contributed by atoms with E-state index in [0.717, 1.165) is 18.5 Å². The molecule has 1 aliphatic carbocycles. The Morgan fingerprint density at radius 2 is 1.97 bits per heavy atom. The summed E-state index contributed by atoms with van der Waals surface area (Å²) in [7, 11) is 0. The van der Waals surface area contributed by atoms with Gasteiger partial charge in [0.2, 0.25) is 11.8 Å². The normalized spacial score (nSPS) is 21.4. The standard InChI is InChI=1S/C26H32FN7O3S/c1-14(23-30-31-24(38-23)16-6-5-7-17(27)10-16)28-22(36)20-11-18(35)12-33(20)25(37)21(26(2,3)4)34-13-19(29-32-34)15-8-9-15/h5-7,10,13-15,18,20-21,35H,8-9,11-12H2,1-4H3,(H,28,36)/t14?,18?,20?,21-/m1/s1. The van der Waals surface area contributed by atoms with Crippen molar-refractivity contribution in [3.8, 4) is 10.6 Å². The van der Waals surface area contributed by atoms with Crippen LogP contribution in [0.3, 0.4) is 0 Å². The lowest BCUT2D eigenvalue weighted by Crippen LogP contribution is -2.50. The Bertz CT molecular complexity index is 1330. The maximum atomic E-state index is 13.9. The Labute approximate surface area is 224 Å². The van der Waals surface area contributed by atoms with Crippen molar-refractivity contribution in [3.63, 3.8) is 0 Å². The number of carbonyl (C=O) groups is 2. The number of hydrogen-bond donors (Lipinski definition) is 2. The van der Waals surface area contributed by atoms with Crippen molar-refractivity contribution in [2.75, 3.05) is 6.54 Å². The van der Waals surface area contributed by atoms with Crippen LogP contribution in [0.15, 0.2) is 30.5 Å². The van der Waals surface area contributed by atoms with Crippen molar-refractivity contribution in [1.29, 1.82) is 0 Å². The van der Waals surface area contributed by atoms with Crippen LogP contribution in [-0.4, -0.2) is 65.7 Å². The molecule has 2 aromatic heterocycles. The van der Waals surface area contributed by atoms with Crippen molar-refractivity contribution in [1.82, 2.24) is 35.4 Å². The first-order chi connectivity index (χ1) is 18.0. The first-order valence-electron chi connectivity index (χ1n) is 12.8.